The molecule has 0 saturated carbocycles. The van der Waals surface area contributed by atoms with Gasteiger partial charge in [0.25, 0.3) is 0 Å². The van der Waals surface area contributed by atoms with Gasteiger partial charge in [-0.1, -0.05) is 29.8 Å². The highest BCUT2D eigenvalue weighted by Crippen LogP contribution is 2.30. The first-order chi connectivity index (χ1) is 11.8. The number of halogens is 1. The Morgan fingerprint density at radius 3 is 2.50 bits per heavy atom. The van der Waals surface area contributed by atoms with Crippen LogP contribution in [-0.2, 0) is 0 Å². The van der Waals surface area contributed by atoms with Crippen LogP contribution in [0.5, 0.6) is 11.6 Å². The van der Waals surface area contributed by atoms with Crippen LogP contribution >= 0.6 is 11.6 Å². The highest BCUT2D eigenvalue weighted by Gasteiger charge is 2.11. The average Bonchev–Trinajstić information content (AvgIpc) is 2.62. The molecule has 0 N–H and O–H groups in total. The minimum absolute atomic E-state index is 0.495. The summed E-state index contributed by atoms with van der Waals surface area (Å²) in [4.78, 5) is 13.2. The largest absolute Gasteiger partial charge is 0.438 e. The summed E-state index contributed by atoms with van der Waals surface area (Å²) in [5.41, 5.74) is 1.70. The summed E-state index contributed by atoms with van der Waals surface area (Å²) in [5.74, 6) is 1.72. The highest BCUT2D eigenvalue weighted by molar-refractivity contribution is 6.30. The Morgan fingerprint density at radius 1 is 0.833 bits per heavy atom. The molecule has 0 aliphatic rings. The lowest BCUT2D eigenvalue weighted by Crippen LogP contribution is -1.96. The van der Waals surface area contributed by atoms with Gasteiger partial charge < -0.3 is 4.74 Å². The first-order valence-corrected chi connectivity index (χ1v) is 7.78. The molecule has 0 bridgehead atoms. The molecule has 0 amide bonds. The number of rotatable bonds is 3. The van der Waals surface area contributed by atoms with E-state index in [9.17, 15) is 0 Å². The maximum Gasteiger partial charge on any atom is 0.230 e. The van der Waals surface area contributed by atoms with Crippen molar-refractivity contribution < 1.29 is 4.74 Å². The third-order valence-electron chi connectivity index (χ3n) is 3.52. The zero-order valence-electron chi connectivity index (χ0n) is 12.6. The summed E-state index contributed by atoms with van der Waals surface area (Å²) < 4.78 is 5.98. The van der Waals surface area contributed by atoms with E-state index >= 15 is 0 Å². The number of hydrogen-bond donors (Lipinski definition) is 0. The van der Waals surface area contributed by atoms with Crippen LogP contribution in [0.4, 0.5) is 0 Å². The molecule has 0 aliphatic heterocycles. The molecule has 0 spiro atoms. The Hall–Kier alpha value is -2.98. The van der Waals surface area contributed by atoms with Gasteiger partial charge in [-0.25, -0.2) is 4.98 Å². The van der Waals surface area contributed by atoms with Gasteiger partial charge in [0.05, 0.1) is 10.9 Å². The molecule has 0 saturated heterocycles. The van der Waals surface area contributed by atoms with Crippen molar-refractivity contribution in [3.8, 4) is 23.0 Å². The molecule has 2 aromatic carbocycles. The molecule has 0 unspecified atom stereocenters. The van der Waals surface area contributed by atoms with Gasteiger partial charge in [-0.3, -0.25) is 4.98 Å². The Balaban J connectivity index is 1.86. The van der Waals surface area contributed by atoms with Crippen LogP contribution in [0.1, 0.15) is 0 Å². The second-order valence-corrected chi connectivity index (χ2v) is 5.60. The van der Waals surface area contributed by atoms with Crippen LogP contribution in [0, 0.1) is 0 Å². The second-order valence-electron chi connectivity index (χ2n) is 5.16. The fourth-order valence-electron chi connectivity index (χ4n) is 2.40. The van der Waals surface area contributed by atoms with E-state index < -0.39 is 0 Å². The fraction of sp³-hybridized carbons (Fsp3) is 0. The van der Waals surface area contributed by atoms with E-state index in [0.29, 0.717) is 22.5 Å². The standard InChI is InChI=1S/C19H12ClN3O/c20-14-4-3-5-15(12-14)24-19-16-6-1-2-7-17(16)22-18(23-19)13-8-10-21-11-9-13/h1-12H. The third-order valence-corrected chi connectivity index (χ3v) is 3.75. The molecule has 2 aromatic heterocycles. The summed E-state index contributed by atoms with van der Waals surface area (Å²) in [6.45, 7) is 0. The van der Waals surface area contributed by atoms with Crippen LogP contribution in [0.15, 0.2) is 73.1 Å². The van der Waals surface area contributed by atoms with E-state index in [2.05, 4.69) is 15.0 Å². The van der Waals surface area contributed by atoms with E-state index in [1.54, 1.807) is 24.5 Å². The van der Waals surface area contributed by atoms with Crippen LogP contribution in [0.3, 0.4) is 0 Å². The number of aromatic nitrogens is 3. The molecule has 0 atom stereocenters. The predicted octanol–water partition coefficient (Wildman–Crippen LogP) is 5.14. The fourth-order valence-corrected chi connectivity index (χ4v) is 2.58. The zero-order valence-corrected chi connectivity index (χ0v) is 13.3. The Bertz CT molecular complexity index is 1010. The van der Waals surface area contributed by atoms with Crippen molar-refractivity contribution in [1.82, 2.24) is 15.0 Å². The second kappa shape index (κ2) is 6.26. The molecule has 4 rings (SSSR count). The number of nitrogens with zero attached hydrogens (tertiary/aromatic N) is 3. The molecule has 24 heavy (non-hydrogen) atoms. The summed E-state index contributed by atoms with van der Waals surface area (Å²) in [7, 11) is 0. The monoisotopic (exact) mass is 333 g/mol. The maximum atomic E-state index is 6.04. The minimum atomic E-state index is 0.495. The number of fused-ring (bicyclic) bond motifs is 1. The predicted molar refractivity (Wildman–Crippen MR) is 94.3 cm³/mol. The maximum absolute atomic E-state index is 6.04. The van der Waals surface area contributed by atoms with Crippen LogP contribution < -0.4 is 4.74 Å². The van der Waals surface area contributed by atoms with E-state index in [1.165, 1.54) is 0 Å². The molecule has 4 aromatic rings. The summed E-state index contributed by atoms with van der Waals surface area (Å²) in [6, 6.07) is 18.7. The van der Waals surface area contributed by atoms with Gasteiger partial charge in [-0.15, -0.1) is 0 Å². The lowest BCUT2D eigenvalue weighted by atomic mass is 10.2. The van der Waals surface area contributed by atoms with Crippen molar-refractivity contribution in [1.29, 1.82) is 0 Å². The Kier molecular flexibility index (Phi) is 3.81. The van der Waals surface area contributed by atoms with Crippen molar-refractivity contribution in [3.05, 3.63) is 78.1 Å². The van der Waals surface area contributed by atoms with E-state index in [4.69, 9.17) is 16.3 Å². The molecule has 4 nitrogen and oxygen atoms in total. The first-order valence-electron chi connectivity index (χ1n) is 7.40. The smallest absolute Gasteiger partial charge is 0.230 e. The van der Waals surface area contributed by atoms with Crippen LogP contribution in [-0.4, -0.2) is 15.0 Å². The van der Waals surface area contributed by atoms with Gasteiger partial charge in [0.15, 0.2) is 5.82 Å². The molecule has 0 radical (unpaired) electrons. The quantitative estimate of drug-likeness (QED) is 0.521. The van der Waals surface area contributed by atoms with Crippen molar-refractivity contribution >= 4 is 22.5 Å². The van der Waals surface area contributed by atoms with Crippen LogP contribution in [0.2, 0.25) is 5.02 Å². The van der Waals surface area contributed by atoms with Gasteiger partial charge in [-0.2, -0.15) is 4.98 Å². The number of para-hydroxylation sites is 1. The normalized spacial score (nSPS) is 10.7. The number of hydrogen-bond acceptors (Lipinski definition) is 4. The third kappa shape index (κ3) is 2.92. The van der Waals surface area contributed by atoms with Crippen LogP contribution in [0.25, 0.3) is 22.3 Å². The summed E-state index contributed by atoms with van der Waals surface area (Å²) in [6.07, 6.45) is 3.43. The number of ether oxygens (including phenoxy) is 1. The lowest BCUT2D eigenvalue weighted by molar-refractivity contribution is 0.469. The minimum Gasteiger partial charge on any atom is -0.438 e. The van der Waals surface area contributed by atoms with Crippen molar-refractivity contribution in [2.75, 3.05) is 0 Å². The SMILES string of the molecule is Clc1cccc(Oc2nc(-c3ccncc3)nc3ccccc23)c1. The summed E-state index contributed by atoms with van der Waals surface area (Å²) in [5, 5.41) is 1.45. The van der Waals surface area contributed by atoms with Crippen molar-refractivity contribution in [3.63, 3.8) is 0 Å². The molecule has 5 heteroatoms. The van der Waals surface area contributed by atoms with E-state index in [-0.39, 0.29) is 0 Å². The molecular formula is C19H12ClN3O. The Morgan fingerprint density at radius 2 is 1.67 bits per heavy atom. The van der Waals surface area contributed by atoms with Crippen molar-refractivity contribution in [2.24, 2.45) is 0 Å². The van der Waals surface area contributed by atoms with Gasteiger partial charge in [0.1, 0.15) is 5.75 Å². The number of pyridine rings is 1. The van der Waals surface area contributed by atoms with E-state index in [1.807, 2.05) is 48.5 Å². The van der Waals surface area contributed by atoms with Gasteiger partial charge in [-0.05, 0) is 42.5 Å². The lowest BCUT2D eigenvalue weighted by Gasteiger charge is -2.10. The first kappa shape index (κ1) is 14.6. The topological polar surface area (TPSA) is 47.9 Å². The molecule has 2 heterocycles. The van der Waals surface area contributed by atoms with Gasteiger partial charge in [0, 0.05) is 23.0 Å². The van der Waals surface area contributed by atoms with Crippen molar-refractivity contribution in [2.45, 2.75) is 0 Å². The van der Waals surface area contributed by atoms with Gasteiger partial charge >= 0.3 is 0 Å². The molecular weight excluding hydrogens is 322 g/mol. The Labute approximate surface area is 143 Å². The number of benzene rings is 2. The highest BCUT2D eigenvalue weighted by atomic mass is 35.5. The van der Waals surface area contributed by atoms with E-state index in [0.717, 1.165) is 16.5 Å². The molecule has 0 fully saturated rings. The average molecular weight is 334 g/mol. The molecule has 116 valence electrons. The summed E-state index contributed by atoms with van der Waals surface area (Å²) >= 11 is 6.04. The zero-order chi connectivity index (χ0) is 16.4. The van der Waals surface area contributed by atoms with Gasteiger partial charge in [0.2, 0.25) is 5.88 Å². The molecule has 0 aliphatic carbocycles.